The smallest absolute Gasteiger partial charge is 0.130 e. The van der Waals surface area contributed by atoms with E-state index in [4.69, 9.17) is 4.74 Å². The van der Waals surface area contributed by atoms with Gasteiger partial charge in [0.05, 0.1) is 6.61 Å². The van der Waals surface area contributed by atoms with Crippen molar-refractivity contribution in [2.24, 2.45) is 5.92 Å². The predicted molar refractivity (Wildman–Crippen MR) is 66.9 cm³/mol. The largest absolute Gasteiger partial charge is 0.494 e. The van der Waals surface area contributed by atoms with Gasteiger partial charge in [-0.25, -0.2) is 4.39 Å². The zero-order valence-electron chi connectivity index (χ0n) is 10.3. The molecule has 1 heterocycles. The molecule has 0 unspecified atom stereocenters. The number of rotatable bonds is 4. The topological polar surface area (TPSA) is 21.3 Å². The summed E-state index contributed by atoms with van der Waals surface area (Å²) in [7, 11) is 0. The lowest BCUT2D eigenvalue weighted by atomic mass is 9.91. The van der Waals surface area contributed by atoms with E-state index in [-0.39, 0.29) is 5.82 Å². The number of hydrogen-bond donors (Lipinski definition) is 1. The fourth-order valence-corrected chi connectivity index (χ4v) is 2.35. The molecule has 0 bridgehead atoms. The van der Waals surface area contributed by atoms with Gasteiger partial charge in [-0.1, -0.05) is 6.07 Å². The first-order valence-electron chi connectivity index (χ1n) is 6.41. The Balaban J connectivity index is 2.00. The van der Waals surface area contributed by atoms with Gasteiger partial charge < -0.3 is 10.1 Å². The molecule has 0 aliphatic carbocycles. The average Bonchev–Trinajstić information content (AvgIpc) is 2.34. The van der Waals surface area contributed by atoms with Crippen molar-refractivity contribution >= 4 is 0 Å². The Morgan fingerprint density at radius 1 is 1.35 bits per heavy atom. The third kappa shape index (κ3) is 3.43. The van der Waals surface area contributed by atoms with E-state index in [0.29, 0.717) is 18.3 Å². The van der Waals surface area contributed by atoms with Crippen molar-refractivity contribution in [3.05, 3.63) is 29.6 Å². The SMILES string of the molecule is CCOc1ccc(CC2CCNCC2)c(F)c1. The number of benzene rings is 1. The number of halogens is 1. The molecular weight excluding hydrogens is 217 g/mol. The lowest BCUT2D eigenvalue weighted by Gasteiger charge is -2.22. The molecule has 0 aromatic heterocycles. The summed E-state index contributed by atoms with van der Waals surface area (Å²) < 4.78 is 19.1. The lowest BCUT2D eigenvalue weighted by molar-refractivity contribution is 0.336. The summed E-state index contributed by atoms with van der Waals surface area (Å²) in [5.41, 5.74) is 0.820. The van der Waals surface area contributed by atoms with Crippen molar-refractivity contribution in [3.63, 3.8) is 0 Å². The molecule has 1 aliphatic heterocycles. The fourth-order valence-electron chi connectivity index (χ4n) is 2.35. The standard InChI is InChI=1S/C14H20FNO/c1-2-17-13-4-3-12(14(15)10-13)9-11-5-7-16-8-6-11/h3-4,10-11,16H,2,5-9H2,1H3. The molecule has 17 heavy (non-hydrogen) atoms. The zero-order valence-corrected chi connectivity index (χ0v) is 10.3. The highest BCUT2D eigenvalue weighted by Gasteiger charge is 2.15. The molecule has 1 aromatic carbocycles. The van der Waals surface area contributed by atoms with E-state index < -0.39 is 0 Å². The third-order valence-electron chi connectivity index (χ3n) is 3.30. The van der Waals surface area contributed by atoms with E-state index in [1.807, 2.05) is 19.1 Å². The van der Waals surface area contributed by atoms with Crippen LogP contribution in [-0.4, -0.2) is 19.7 Å². The summed E-state index contributed by atoms with van der Waals surface area (Å²) in [6.07, 6.45) is 3.14. The fraction of sp³-hybridized carbons (Fsp3) is 0.571. The van der Waals surface area contributed by atoms with Crippen LogP contribution in [0.1, 0.15) is 25.3 Å². The van der Waals surface area contributed by atoms with Gasteiger partial charge in [-0.05, 0) is 56.8 Å². The Hall–Kier alpha value is -1.09. The zero-order chi connectivity index (χ0) is 12.1. The van der Waals surface area contributed by atoms with Crippen LogP contribution in [0.2, 0.25) is 0 Å². The summed E-state index contributed by atoms with van der Waals surface area (Å²) in [5.74, 6) is 1.11. The number of hydrogen-bond acceptors (Lipinski definition) is 2. The first-order chi connectivity index (χ1) is 8.29. The van der Waals surface area contributed by atoms with Gasteiger partial charge in [0.1, 0.15) is 11.6 Å². The van der Waals surface area contributed by atoms with Crippen LogP contribution in [0.3, 0.4) is 0 Å². The second-order valence-corrected chi connectivity index (χ2v) is 4.58. The number of ether oxygens (including phenoxy) is 1. The van der Waals surface area contributed by atoms with Gasteiger partial charge in [0.2, 0.25) is 0 Å². The molecule has 1 N–H and O–H groups in total. The predicted octanol–water partition coefficient (Wildman–Crippen LogP) is 2.77. The summed E-state index contributed by atoms with van der Waals surface area (Å²) in [6.45, 7) is 4.60. The monoisotopic (exact) mass is 237 g/mol. The molecule has 1 aliphatic rings. The van der Waals surface area contributed by atoms with Crippen LogP contribution in [0.5, 0.6) is 5.75 Å². The average molecular weight is 237 g/mol. The van der Waals surface area contributed by atoms with Gasteiger partial charge in [-0.15, -0.1) is 0 Å². The van der Waals surface area contributed by atoms with Crippen LogP contribution < -0.4 is 10.1 Å². The third-order valence-corrected chi connectivity index (χ3v) is 3.30. The molecule has 94 valence electrons. The molecule has 2 nitrogen and oxygen atoms in total. The molecule has 0 saturated carbocycles. The van der Waals surface area contributed by atoms with Crippen molar-refractivity contribution in [1.82, 2.24) is 5.32 Å². The van der Waals surface area contributed by atoms with Gasteiger partial charge in [0, 0.05) is 6.07 Å². The minimum Gasteiger partial charge on any atom is -0.494 e. The maximum Gasteiger partial charge on any atom is 0.130 e. The van der Waals surface area contributed by atoms with Crippen molar-refractivity contribution in [2.45, 2.75) is 26.2 Å². The molecule has 1 saturated heterocycles. The highest BCUT2D eigenvalue weighted by Crippen LogP contribution is 2.22. The van der Waals surface area contributed by atoms with Crippen LogP contribution in [0, 0.1) is 11.7 Å². The van der Waals surface area contributed by atoms with Gasteiger partial charge in [0.15, 0.2) is 0 Å². The van der Waals surface area contributed by atoms with Gasteiger partial charge in [-0.2, -0.15) is 0 Å². The van der Waals surface area contributed by atoms with Crippen LogP contribution >= 0.6 is 0 Å². The molecule has 1 aromatic rings. The normalized spacial score (nSPS) is 17.1. The Kier molecular flexibility index (Phi) is 4.37. The maximum absolute atomic E-state index is 13.8. The molecule has 1 fully saturated rings. The second-order valence-electron chi connectivity index (χ2n) is 4.58. The Labute approximate surface area is 102 Å². The number of piperidine rings is 1. The highest BCUT2D eigenvalue weighted by molar-refractivity contribution is 5.29. The summed E-state index contributed by atoms with van der Waals surface area (Å²) in [4.78, 5) is 0. The van der Waals surface area contributed by atoms with E-state index in [0.717, 1.165) is 37.9 Å². The van der Waals surface area contributed by atoms with Crippen LogP contribution in [0.4, 0.5) is 4.39 Å². The van der Waals surface area contributed by atoms with Crippen LogP contribution in [-0.2, 0) is 6.42 Å². The van der Waals surface area contributed by atoms with Crippen molar-refractivity contribution < 1.29 is 9.13 Å². The molecule has 0 radical (unpaired) electrons. The van der Waals surface area contributed by atoms with Gasteiger partial charge >= 0.3 is 0 Å². The summed E-state index contributed by atoms with van der Waals surface area (Å²) in [5, 5.41) is 3.33. The highest BCUT2D eigenvalue weighted by atomic mass is 19.1. The van der Waals surface area contributed by atoms with Crippen molar-refractivity contribution in [2.75, 3.05) is 19.7 Å². The molecule has 0 amide bonds. The maximum atomic E-state index is 13.8. The van der Waals surface area contributed by atoms with E-state index >= 15 is 0 Å². The first kappa shape index (κ1) is 12.4. The molecule has 2 rings (SSSR count). The molecular formula is C14H20FNO. The van der Waals surface area contributed by atoms with Crippen LogP contribution in [0.25, 0.3) is 0 Å². The van der Waals surface area contributed by atoms with E-state index in [1.165, 1.54) is 6.07 Å². The van der Waals surface area contributed by atoms with Crippen molar-refractivity contribution in [3.8, 4) is 5.75 Å². The number of nitrogens with one attached hydrogen (secondary N) is 1. The van der Waals surface area contributed by atoms with E-state index in [9.17, 15) is 4.39 Å². The Morgan fingerprint density at radius 3 is 2.76 bits per heavy atom. The summed E-state index contributed by atoms with van der Waals surface area (Å²) in [6, 6.07) is 5.23. The van der Waals surface area contributed by atoms with Gasteiger partial charge in [-0.3, -0.25) is 0 Å². The van der Waals surface area contributed by atoms with Crippen molar-refractivity contribution in [1.29, 1.82) is 0 Å². The Bertz CT molecular complexity index is 361. The quantitative estimate of drug-likeness (QED) is 0.869. The second kappa shape index (κ2) is 6.01. The first-order valence-corrected chi connectivity index (χ1v) is 6.41. The summed E-state index contributed by atoms with van der Waals surface area (Å²) >= 11 is 0. The molecule has 3 heteroatoms. The van der Waals surface area contributed by atoms with Crippen LogP contribution in [0.15, 0.2) is 18.2 Å². The Morgan fingerprint density at radius 2 is 2.12 bits per heavy atom. The minimum atomic E-state index is -0.130. The van der Waals surface area contributed by atoms with E-state index in [2.05, 4.69) is 5.32 Å². The van der Waals surface area contributed by atoms with E-state index in [1.54, 1.807) is 0 Å². The van der Waals surface area contributed by atoms with Gasteiger partial charge in [0.25, 0.3) is 0 Å². The minimum absolute atomic E-state index is 0.130. The molecule has 0 spiro atoms. The molecule has 0 atom stereocenters. The lowest BCUT2D eigenvalue weighted by Crippen LogP contribution is -2.28.